The highest BCUT2D eigenvalue weighted by Crippen LogP contribution is 2.29. The summed E-state index contributed by atoms with van der Waals surface area (Å²) in [7, 11) is 0. The molecule has 0 spiro atoms. The van der Waals surface area contributed by atoms with Crippen molar-refractivity contribution in [1.82, 2.24) is 4.90 Å². The van der Waals surface area contributed by atoms with Crippen molar-refractivity contribution < 1.29 is 23.9 Å². The van der Waals surface area contributed by atoms with Crippen molar-refractivity contribution in [3.05, 3.63) is 59.7 Å². The van der Waals surface area contributed by atoms with Gasteiger partial charge in [-0.25, -0.2) is 0 Å². The van der Waals surface area contributed by atoms with E-state index in [1.54, 1.807) is 62.4 Å². The van der Waals surface area contributed by atoms with Gasteiger partial charge in [-0.05, 0) is 50.2 Å². The van der Waals surface area contributed by atoms with Crippen LogP contribution in [0.2, 0.25) is 0 Å². The van der Waals surface area contributed by atoms with E-state index in [0.29, 0.717) is 22.5 Å². The van der Waals surface area contributed by atoms with E-state index in [9.17, 15) is 19.2 Å². The Kier molecular flexibility index (Phi) is 5.98. The number of nitrogens with one attached hydrogen (secondary N) is 2. The minimum Gasteiger partial charge on any atom is -0.369 e. The molecule has 30 heavy (non-hydrogen) atoms. The number of nitrogens with zero attached hydrogens (tertiary/aromatic N) is 1. The molecule has 1 aliphatic heterocycles. The van der Waals surface area contributed by atoms with Crippen LogP contribution in [0.25, 0.3) is 0 Å². The number of fused-ring (bicyclic) bond motifs is 1. The van der Waals surface area contributed by atoms with Gasteiger partial charge < -0.3 is 15.4 Å². The number of anilines is 2. The first-order chi connectivity index (χ1) is 14.2. The average Bonchev–Trinajstić information content (AvgIpc) is 2.94. The minimum absolute atomic E-state index is 0.00730. The molecule has 0 radical (unpaired) electrons. The van der Waals surface area contributed by atoms with E-state index in [-0.39, 0.29) is 36.8 Å². The number of carbonyl (C=O) groups excluding carboxylic acids is 4. The number of benzene rings is 2. The first-order valence-corrected chi connectivity index (χ1v) is 9.42. The third-order valence-corrected chi connectivity index (χ3v) is 4.58. The summed E-state index contributed by atoms with van der Waals surface area (Å²) in [5.41, 5.74) is 0.997. The Morgan fingerprint density at radius 3 is 1.90 bits per heavy atom. The van der Waals surface area contributed by atoms with Gasteiger partial charge >= 0.3 is 0 Å². The Morgan fingerprint density at radius 1 is 0.900 bits per heavy atom. The molecule has 0 fully saturated rings. The van der Waals surface area contributed by atoms with Crippen LogP contribution >= 0.6 is 0 Å². The van der Waals surface area contributed by atoms with Gasteiger partial charge in [0.15, 0.2) is 0 Å². The number of rotatable bonds is 7. The Morgan fingerprint density at radius 2 is 1.40 bits per heavy atom. The zero-order chi connectivity index (χ0) is 21.9. The molecule has 2 N–H and O–H groups in total. The van der Waals surface area contributed by atoms with Crippen LogP contribution in [0.15, 0.2) is 48.5 Å². The van der Waals surface area contributed by atoms with Gasteiger partial charge in [0.05, 0.1) is 23.3 Å². The van der Waals surface area contributed by atoms with Crippen molar-refractivity contribution in [3.63, 3.8) is 0 Å². The highest BCUT2D eigenvalue weighted by Gasteiger charge is 2.44. The first kappa shape index (κ1) is 21.2. The Labute approximate surface area is 174 Å². The fraction of sp³-hybridized carbons (Fsp3) is 0.273. The zero-order valence-electron chi connectivity index (χ0n) is 17.0. The topological polar surface area (TPSA) is 105 Å². The summed E-state index contributed by atoms with van der Waals surface area (Å²) in [6, 6.07) is 13.3. The van der Waals surface area contributed by atoms with Crippen molar-refractivity contribution in [2.24, 2.45) is 0 Å². The molecule has 0 saturated carbocycles. The van der Waals surface area contributed by atoms with E-state index in [2.05, 4.69) is 10.6 Å². The molecule has 2 aromatic rings. The van der Waals surface area contributed by atoms with Crippen molar-refractivity contribution >= 4 is 35.0 Å². The lowest BCUT2D eigenvalue weighted by molar-refractivity contribution is -0.121. The monoisotopic (exact) mass is 409 g/mol. The van der Waals surface area contributed by atoms with Crippen molar-refractivity contribution in [2.45, 2.75) is 26.3 Å². The number of carbonyl (C=O) groups is 4. The van der Waals surface area contributed by atoms with Crippen LogP contribution in [0.4, 0.5) is 11.4 Å². The van der Waals surface area contributed by atoms with Crippen LogP contribution in [0.3, 0.4) is 0 Å². The first-order valence-electron chi connectivity index (χ1n) is 9.42. The summed E-state index contributed by atoms with van der Waals surface area (Å²) in [6.07, 6.45) is 0. The molecule has 0 unspecified atom stereocenters. The van der Waals surface area contributed by atoms with E-state index in [1.165, 1.54) is 11.8 Å². The van der Waals surface area contributed by atoms with Crippen LogP contribution in [0.1, 0.15) is 41.5 Å². The van der Waals surface area contributed by atoms with E-state index in [4.69, 9.17) is 4.74 Å². The smallest absolute Gasteiger partial charge is 0.262 e. The van der Waals surface area contributed by atoms with Gasteiger partial charge in [-0.1, -0.05) is 12.1 Å². The predicted octanol–water partition coefficient (Wildman–Crippen LogP) is 2.67. The molecule has 0 bridgehead atoms. The van der Waals surface area contributed by atoms with Crippen LogP contribution in [-0.2, 0) is 14.3 Å². The van der Waals surface area contributed by atoms with E-state index in [0.717, 1.165) is 0 Å². The molecule has 0 saturated heterocycles. The molecule has 4 amide bonds. The summed E-state index contributed by atoms with van der Waals surface area (Å²) < 4.78 is 5.50. The second-order valence-corrected chi connectivity index (χ2v) is 7.60. The summed E-state index contributed by atoms with van der Waals surface area (Å²) >= 11 is 0. The molecular weight excluding hydrogens is 386 g/mol. The van der Waals surface area contributed by atoms with Crippen molar-refractivity contribution in [2.75, 3.05) is 23.8 Å². The maximum atomic E-state index is 12.6. The van der Waals surface area contributed by atoms with E-state index >= 15 is 0 Å². The minimum atomic E-state index is -0.923. The van der Waals surface area contributed by atoms with E-state index in [1.807, 2.05) is 0 Å². The number of ether oxygens (including phenoxy) is 1. The van der Waals surface area contributed by atoms with Gasteiger partial charge in [-0.15, -0.1) is 0 Å². The maximum Gasteiger partial charge on any atom is 0.262 e. The largest absolute Gasteiger partial charge is 0.369 e. The summed E-state index contributed by atoms with van der Waals surface area (Å²) in [5.74, 6) is -1.29. The molecule has 8 heteroatoms. The number of imide groups is 1. The molecule has 0 aliphatic carbocycles. The standard InChI is InChI=1S/C22H23N3O5/c1-14(26)23-15-8-10-16(11-9-15)24-19(27)12-30-13-22(2,3)25-20(28)17-6-4-5-7-18(17)21(25)29/h4-11H,12-13H2,1-3H3,(H,23,26)(H,24,27). The SMILES string of the molecule is CC(=O)Nc1ccc(NC(=O)COCC(C)(C)N2C(=O)c3ccccc3C2=O)cc1. The van der Waals surface area contributed by atoms with Crippen molar-refractivity contribution in [1.29, 1.82) is 0 Å². The molecule has 0 atom stereocenters. The van der Waals surface area contributed by atoms with Crippen LogP contribution in [0.5, 0.6) is 0 Å². The lowest BCUT2D eigenvalue weighted by Crippen LogP contribution is -2.50. The molecule has 8 nitrogen and oxygen atoms in total. The molecule has 1 heterocycles. The van der Waals surface area contributed by atoms with Gasteiger partial charge in [0.25, 0.3) is 11.8 Å². The fourth-order valence-electron chi connectivity index (χ4n) is 3.23. The predicted molar refractivity (Wildman–Crippen MR) is 111 cm³/mol. The summed E-state index contributed by atoms with van der Waals surface area (Å²) in [4.78, 5) is 49.6. The third-order valence-electron chi connectivity index (χ3n) is 4.58. The fourth-order valence-corrected chi connectivity index (χ4v) is 3.23. The number of hydrogen-bond donors (Lipinski definition) is 2. The van der Waals surface area contributed by atoms with Gasteiger partial charge in [0.2, 0.25) is 11.8 Å². The van der Waals surface area contributed by atoms with Gasteiger partial charge in [-0.3, -0.25) is 24.1 Å². The Bertz CT molecular complexity index is 963. The molecule has 156 valence electrons. The quantitative estimate of drug-likeness (QED) is 0.684. The van der Waals surface area contributed by atoms with Gasteiger partial charge in [-0.2, -0.15) is 0 Å². The summed E-state index contributed by atoms with van der Waals surface area (Å²) in [5, 5.41) is 5.33. The zero-order valence-corrected chi connectivity index (χ0v) is 17.0. The highest BCUT2D eigenvalue weighted by molar-refractivity contribution is 6.21. The van der Waals surface area contributed by atoms with Gasteiger partial charge in [0, 0.05) is 18.3 Å². The Hall–Kier alpha value is -3.52. The van der Waals surface area contributed by atoms with Crippen LogP contribution in [0, 0.1) is 0 Å². The lowest BCUT2D eigenvalue weighted by Gasteiger charge is -2.33. The molecule has 0 aromatic heterocycles. The average molecular weight is 409 g/mol. The number of amides is 4. The molecule has 1 aliphatic rings. The highest BCUT2D eigenvalue weighted by atomic mass is 16.5. The van der Waals surface area contributed by atoms with Crippen LogP contribution in [-0.4, -0.2) is 47.3 Å². The van der Waals surface area contributed by atoms with Crippen molar-refractivity contribution in [3.8, 4) is 0 Å². The normalized spacial score (nSPS) is 13.2. The van der Waals surface area contributed by atoms with Gasteiger partial charge in [0.1, 0.15) is 6.61 Å². The summed E-state index contributed by atoms with van der Waals surface area (Å²) in [6.45, 7) is 4.62. The second kappa shape index (κ2) is 8.46. The van der Waals surface area contributed by atoms with Crippen LogP contribution < -0.4 is 10.6 Å². The third kappa shape index (κ3) is 4.55. The maximum absolute atomic E-state index is 12.6. The van der Waals surface area contributed by atoms with E-state index < -0.39 is 5.54 Å². The second-order valence-electron chi connectivity index (χ2n) is 7.60. The number of hydrogen-bond acceptors (Lipinski definition) is 5. The Balaban J connectivity index is 1.53. The molecule has 2 aromatic carbocycles. The lowest BCUT2D eigenvalue weighted by atomic mass is 10.0. The molecular formula is C22H23N3O5. The molecule has 3 rings (SSSR count).